The number of urea groups is 1. The molecule has 0 aromatic heterocycles. The zero-order chi connectivity index (χ0) is 19.7. The third-order valence-corrected chi connectivity index (χ3v) is 3.35. The molecule has 6 nitrogen and oxygen atoms in total. The molecule has 0 heterocycles. The second-order valence-corrected chi connectivity index (χ2v) is 5.49. The molecular weight excluding hydrogens is 363 g/mol. The lowest BCUT2D eigenvalue weighted by Gasteiger charge is -2.10. The van der Waals surface area contributed by atoms with Crippen LogP contribution in [0.1, 0.15) is 11.1 Å². The maximum absolute atomic E-state index is 12.1. The summed E-state index contributed by atoms with van der Waals surface area (Å²) in [5.41, 5.74) is 1.52. The fourth-order valence-corrected chi connectivity index (χ4v) is 2.07. The highest BCUT2D eigenvalue weighted by atomic mass is 19.4. The highest BCUT2D eigenvalue weighted by molar-refractivity contribution is 5.83. The predicted molar refractivity (Wildman–Crippen MR) is 91.7 cm³/mol. The summed E-state index contributed by atoms with van der Waals surface area (Å²) in [7, 11) is 0. The number of alkyl halides is 3. The Morgan fingerprint density at radius 2 is 1.41 bits per heavy atom. The third-order valence-electron chi connectivity index (χ3n) is 3.35. The number of halogens is 3. The van der Waals surface area contributed by atoms with Crippen LogP contribution < -0.4 is 20.7 Å². The van der Waals surface area contributed by atoms with Crippen molar-refractivity contribution in [3.05, 3.63) is 65.7 Å². The van der Waals surface area contributed by atoms with Gasteiger partial charge in [-0.25, -0.2) is 4.79 Å². The summed E-state index contributed by atoms with van der Waals surface area (Å²) in [6.07, 6.45) is -4.75. The normalized spacial score (nSPS) is 10.8. The zero-order valence-electron chi connectivity index (χ0n) is 14.2. The summed E-state index contributed by atoms with van der Waals surface area (Å²) in [5, 5.41) is 7.59. The van der Waals surface area contributed by atoms with Crippen LogP contribution in [0.3, 0.4) is 0 Å². The molecule has 0 fully saturated rings. The van der Waals surface area contributed by atoms with E-state index in [0.717, 1.165) is 17.7 Å². The highest BCUT2D eigenvalue weighted by Gasteiger charge is 2.30. The zero-order valence-corrected chi connectivity index (χ0v) is 14.2. The molecule has 0 aliphatic rings. The van der Waals surface area contributed by atoms with Crippen LogP contribution in [0.15, 0.2) is 54.6 Å². The maximum Gasteiger partial charge on any atom is 0.573 e. The summed E-state index contributed by atoms with van der Waals surface area (Å²) < 4.78 is 40.0. The Kier molecular flexibility index (Phi) is 7.04. The fourth-order valence-electron chi connectivity index (χ4n) is 2.07. The van der Waals surface area contributed by atoms with Crippen LogP contribution in [-0.4, -0.2) is 24.8 Å². The van der Waals surface area contributed by atoms with Crippen molar-refractivity contribution in [1.82, 2.24) is 16.0 Å². The van der Waals surface area contributed by atoms with Gasteiger partial charge in [-0.2, -0.15) is 0 Å². The van der Waals surface area contributed by atoms with Crippen molar-refractivity contribution in [3.8, 4) is 5.75 Å². The quantitative estimate of drug-likeness (QED) is 0.690. The van der Waals surface area contributed by atoms with Gasteiger partial charge in [-0.1, -0.05) is 42.5 Å². The molecule has 0 aliphatic carbocycles. The van der Waals surface area contributed by atoms with E-state index in [-0.39, 0.29) is 18.8 Å². The van der Waals surface area contributed by atoms with Crippen LogP contribution in [-0.2, 0) is 17.9 Å². The highest BCUT2D eigenvalue weighted by Crippen LogP contribution is 2.22. The second-order valence-electron chi connectivity index (χ2n) is 5.49. The summed E-state index contributed by atoms with van der Waals surface area (Å²) in [6, 6.07) is 13.9. The summed E-state index contributed by atoms with van der Waals surface area (Å²) >= 11 is 0. The van der Waals surface area contributed by atoms with Crippen molar-refractivity contribution < 1.29 is 27.5 Å². The van der Waals surface area contributed by atoms with Gasteiger partial charge in [0.2, 0.25) is 5.91 Å². The van der Waals surface area contributed by atoms with Crippen molar-refractivity contribution >= 4 is 11.9 Å². The largest absolute Gasteiger partial charge is 0.573 e. The van der Waals surface area contributed by atoms with Crippen LogP contribution in [0.5, 0.6) is 5.75 Å². The Balaban J connectivity index is 1.66. The topological polar surface area (TPSA) is 79.5 Å². The van der Waals surface area contributed by atoms with Gasteiger partial charge in [-0.3, -0.25) is 4.79 Å². The van der Waals surface area contributed by atoms with E-state index in [1.165, 1.54) is 12.1 Å². The lowest BCUT2D eigenvalue weighted by atomic mass is 10.2. The molecule has 0 unspecified atom stereocenters. The number of nitrogens with one attached hydrogen (secondary N) is 3. The number of hydrogen-bond acceptors (Lipinski definition) is 3. The lowest BCUT2D eigenvalue weighted by molar-refractivity contribution is -0.274. The van der Waals surface area contributed by atoms with Crippen molar-refractivity contribution in [2.24, 2.45) is 0 Å². The van der Waals surface area contributed by atoms with Crippen LogP contribution in [0.2, 0.25) is 0 Å². The van der Waals surface area contributed by atoms with Crippen molar-refractivity contribution in [2.45, 2.75) is 19.5 Å². The minimum atomic E-state index is -4.75. The standard InChI is InChI=1S/C18H18F3N3O3/c19-18(20,21)27-15-8-6-14(7-9-15)10-22-16(25)12-24-17(26)23-11-13-4-2-1-3-5-13/h1-9H,10-12H2,(H,22,25)(H2,23,24,26). The average Bonchev–Trinajstić information content (AvgIpc) is 2.63. The molecule has 2 aromatic rings. The Hall–Kier alpha value is -3.23. The number of carbonyl (C=O) groups is 2. The van der Waals surface area contributed by atoms with Crippen molar-refractivity contribution in [2.75, 3.05) is 6.54 Å². The summed E-state index contributed by atoms with van der Waals surface area (Å²) in [5.74, 6) is -0.769. The van der Waals surface area contributed by atoms with Gasteiger partial charge >= 0.3 is 12.4 Å². The molecule has 0 bridgehead atoms. The van der Waals surface area contributed by atoms with E-state index < -0.39 is 18.3 Å². The molecule has 0 saturated heterocycles. The van der Waals surface area contributed by atoms with E-state index in [4.69, 9.17) is 0 Å². The first kappa shape index (κ1) is 20.1. The molecule has 0 atom stereocenters. The van der Waals surface area contributed by atoms with Crippen LogP contribution >= 0.6 is 0 Å². The number of amides is 3. The van der Waals surface area contributed by atoms with E-state index in [2.05, 4.69) is 20.7 Å². The molecule has 0 aliphatic heterocycles. The minimum absolute atomic E-state index is 0.110. The second kappa shape index (κ2) is 9.46. The third kappa shape index (κ3) is 8.13. The molecule has 2 rings (SSSR count). The Morgan fingerprint density at radius 3 is 2.04 bits per heavy atom. The van der Waals surface area contributed by atoms with Gasteiger partial charge in [-0.05, 0) is 23.3 Å². The van der Waals surface area contributed by atoms with E-state index in [9.17, 15) is 22.8 Å². The van der Waals surface area contributed by atoms with Crippen molar-refractivity contribution in [3.63, 3.8) is 0 Å². The first-order valence-corrected chi connectivity index (χ1v) is 7.99. The first-order valence-electron chi connectivity index (χ1n) is 7.99. The molecule has 27 heavy (non-hydrogen) atoms. The van der Waals surface area contributed by atoms with Gasteiger partial charge < -0.3 is 20.7 Å². The Bertz CT molecular complexity index is 750. The monoisotopic (exact) mass is 381 g/mol. The van der Waals surface area contributed by atoms with Crippen molar-refractivity contribution in [1.29, 1.82) is 0 Å². The maximum atomic E-state index is 12.1. The van der Waals surface area contributed by atoms with Gasteiger partial charge in [0.15, 0.2) is 0 Å². The number of ether oxygens (including phenoxy) is 1. The van der Waals surface area contributed by atoms with E-state index in [1.54, 1.807) is 0 Å². The minimum Gasteiger partial charge on any atom is -0.406 e. The molecule has 0 radical (unpaired) electrons. The smallest absolute Gasteiger partial charge is 0.406 e. The molecule has 144 valence electrons. The van der Waals surface area contributed by atoms with Crippen LogP contribution in [0.4, 0.5) is 18.0 Å². The fraction of sp³-hybridized carbons (Fsp3) is 0.222. The molecule has 3 N–H and O–H groups in total. The molecular formula is C18H18F3N3O3. The molecule has 3 amide bonds. The van der Waals surface area contributed by atoms with E-state index in [0.29, 0.717) is 12.1 Å². The van der Waals surface area contributed by atoms with Crippen LogP contribution in [0.25, 0.3) is 0 Å². The number of carbonyl (C=O) groups excluding carboxylic acids is 2. The summed E-state index contributed by atoms with van der Waals surface area (Å²) in [6.45, 7) is 0.217. The Morgan fingerprint density at radius 1 is 0.815 bits per heavy atom. The molecule has 2 aromatic carbocycles. The number of rotatable bonds is 7. The van der Waals surface area contributed by atoms with E-state index >= 15 is 0 Å². The van der Waals surface area contributed by atoms with Gasteiger partial charge in [0, 0.05) is 13.1 Å². The summed E-state index contributed by atoms with van der Waals surface area (Å²) in [4.78, 5) is 23.4. The molecule has 9 heteroatoms. The SMILES string of the molecule is O=C(CNC(=O)NCc1ccccc1)NCc1ccc(OC(F)(F)F)cc1. The molecule has 0 saturated carbocycles. The average molecular weight is 381 g/mol. The number of hydrogen-bond donors (Lipinski definition) is 3. The van der Waals surface area contributed by atoms with Gasteiger partial charge in [-0.15, -0.1) is 13.2 Å². The first-order chi connectivity index (χ1) is 12.8. The van der Waals surface area contributed by atoms with E-state index in [1.807, 2.05) is 30.3 Å². The molecule has 0 spiro atoms. The van der Waals surface area contributed by atoms with Crippen LogP contribution in [0, 0.1) is 0 Å². The lowest BCUT2D eigenvalue weighted by Crippen LogP contribution is -2.41. The Labute approximate surface area is 153 Å². The van der Waals surface area contributed by atoms with Gasteiger partial charge in [0.25, 0.3) is 0 Å². The number of benzene rings is 2. The van der Waals surface area contributed by atoms with Gasteiger partial charge in [0.05, 0.1) is 6.54 Å². The van der Waals surface area contributed by atoms with Gasteiger partial charge in [0.1, 0.15) is 5.75 Å². The predicted octanol–water partition coefficient (Wildman–Crippen LogP) is 2.70.